The number of benzene rings is 2. The number of aromatic nitrogens is 1. The van der Waals surface area contributed by atoms with Crippen molar-refractivity contribution in [2.75, 3.05) is 20.2 Å². The minimum atomic E-state index is -0.394. The van der Waals surface area contributed by atoms with E-state index in [-0.39, 0.29) is 11.8 Å². The standard InChI is InChI=1S/C24H25N3O3/c1-30-24(29)22-20(15-27-13-11-17(12-14-27)23(25)28)26-19-10-6-5-9-18(19)21(22)16-7-3-2-4-8-16/h2-10,17H,11-15H2,1H3,(H2,25,28). The number of nitrogens with two attached hydrogens (primary N) is 1. The highest BCUT2D eigenvalue weighted by Gasteiger charge is 2.27. The number of piperidine rings is 1. The average molecular weight is 403 g/mol. The molecule has 154 valence electrons. The summed E-state index contributed by atoms with van der Waals surface area (Å²) in [4.78, 5) is 31.5. The fourth-order valence-corrected chi connectivity index (χ4v) is 4.19. The van der Waals surface area contributed by atoms with Crippen LogP contribution < -0.4 is 5.73 Å². The Kier molecular flexibility index (Phi) is 5.77. The van der Waals surface area contributed by atoms with Gasteiger partial charge in [0.1, 0.15) is 0 Å². The molecule has 0 radical (unpaired) electrons. The Morgan fingerprint density at radius 2 is 1.73 bits per heavy atom. The minimum Gasteiger partial charge on any atom is -0.465 e. The van der Waals surface area contributed by atoms with Gasteiger partial charge in [0.15, 0.2) is 0 Å². The van der Waals surface area contributed by atoms with Crippen molar-refractivity contribution < 1.29 is 14.3 Å². The maximum absolute atomic E-state index is 12.9. The predicted octanol–water partition coefficient (Wildman–Crippen LogP) is 3.39. The minimum absolute atomic E-state index is 0.0780. The van der Waals surface area contributed by atoms with Gasteiger partial charge >= 0.3 is 5.97 Å². The van der Waals surface area contributed by atoms with Gasteiger partial charge < -0.3 is 10.5 Å². The number of carbonyl (C=O) groups is 2. The molecule has 0 bridgehead atoms. The second kappa shape index (κ2) is 8.63. The van der Waals surface area contributed by atoms with Crippen LogP contribution in [0.1, 0.15) is 28.9 Å². The number of carbonyl (C=O) groups excluding carboxylic acids is 2. The molecule has 0 aliphatic carbocycles. The number of primary amides is 1. The van der Waals surface area contributed by atoms with Gasteiger partial charge in [0.2, 0.25) is 5.91 Å². The van der Waals surface area contributed by atoms with E-state index in [0.717, 1.165) is 48.0 Å². The number of hydrogen-bond acceptors (Lipinski definition) is 5. The van der Waals surface area contributed by atoms with Crippen molar-refractivity contribution in [3.05, 3.63) is 65.9 Å². The summed E-state index contributed by atoms with van der Waals surface area (Å²) in [5, 5.41) is 0.917. The quantitative estimate of drug-likeness (QED) is 0.660. The monoisotopic (exact) mass is 403 g/mol. The van der Waals surface area contributed by atoms with Gasteiger partial charge in [-0.15, -0.1) is 0 Å². The van der Waals surface area contributed by atoms with Gasteiger partial charge in [-0.05, 0) is 37.6 Å². The lowest BCUT2D eigenvalue weighted by Crippen LogP contribution is -2.38. The van der Waals surface area contributed by atoms with Crippen LogP contribution in [-0.2, 0) is 16.1 Å². The molecule has 3 aromatic rings. The van der Waals surface area contributed by atoms with Crippen molar-refractivity contribution in [2.45, 2.75) is 19.4 Å². The Hall–Kier alpha value is -3.25. The molecule has 0 saturated carbocycles. The Morgan fingerprint density at radius 1 is 1.07 bits per heavy atom. The molecule has 0 atom stereocenters. The molecule has 1 aliphatic heterocycles. The highest BCUT2D eigenvalue weighted by molar-refractivity contribution is 6.07. The summed E-state index contributed by atoms with van der Waals surface area (Å²) in [6.07, 6.45) is 1.45. The van der Waals surface area contributed by atoms with E-state index in [1.165, 1.54) is 7.11 Å². The number of esters is 1. The SMILES string of the molecule is COC(=O)c1c(CN2CCC(C(N)=O)CC2)nc2ccccc2c1-c1ccccc1. The van der Waals surface area contributed by atoms with Crippen molar-refractivity contribution in [3.63, 3.8) is 0 Å². The van der Waals surface area contributed by atoms with Crippen LogP contribution in [0.2, 0.25) is 0 Å². The van der Waals surface area contributed by atoms with E-state index in [9.17, 15) is 9.59 Å². The first-order chi connectivity index (χ1) is 14.6. The van der Waals surface area contributed by atoms with Crippen molar-refractivity contribution in [3.8, 4) is 11.1 Å². The summed E-state index contributed by atoms with van der Waals surface area (Å²) in [6.45, 7) is 1.99. The molecule has 1 amide bonds. The largest absolute Gasteiger partial charge is 0.465 e. The highest BCUT2D eigenvalue weighted by Crippen LogP contribution is 2.34. The number of nitrogens with zero attached hydrogens (tertiary/aromatic N) is 2. The Balaban J connectivity index is 1.81. The lowest BCUT2D eigenvalue weighted by molar-refractivity contribution is -0.123. The van der Waals surface area contributed by atoms with Gasteiger partial charge in [0.25, 0.3) is 0 Å². The van der Waals surface area contributed by atoms with Crippen LogP contribution in [0.4, 0.5) is 0 Å². The maximum Gasteiger partial charge on any atom is 0.340 e. The molecule has 6 heteroatoms. The molecule has 2 aromatic carbocycles. The molecule has 1 aromatic heterocycles. The molecule has 1 aliphatic rings. The van der Waals surface area contributed by atoms with Gasteiger partial charge in [-0.2, -0.15) is 0 Å². The van der Waals surface area contributed by atoms with Crippen LogP contribution in [0.15, 0.2) is 54.6 Å². The lowest BCUT2D eigenvalue weighted by Gasteiger charge is -2.30. The molecule has 0 unspecified atom stereocenters. The lowest BCUT2D eigenvalue weighted by atomic mass is 9.93. The topological polar surface area (TPSA) is 85.5 Å². The maximum atomic E-state index is 12.9. The third kappa shape index (κ3) is 3.91. The molecule has 2 heterocycles. The molecule has 0 spiro atoms. The first kappa shape index (κ1) is 20.0. The molecule has 2 N–H and O–H groups in total. The fraction of sp³-hybridized carbons (Fsp3) is 0.292. The molecular weight excluding hydrogens is 378 g/mol. The van der Waals surface area contributed by atoms with Crippen LogP contribution in [-0.4, -0.2) is 42.0 Å². The highest BCUT2D eigenvalue weighted by atomic mass is 16.5. The van der Waals surface area contributed by atoms with E-state index < -0.39 is 5.97 Å². The number of rotatable bonds is 5. The number of methoxy groups -OCH3 is 1. The Labute approximate surface area is 175 Å². The van der Waals surface area contributed by atoms with E-state index in [2.05, 4.69) is 4.90 Å². The second-order valence-electron chi connectivity index (χ2n) is 7.64. The molecule has 6 nitrogen and oxygen atoms in total. The van der Waals surface area contributed by atoms with Crippen molar-refractivity contribution in [1.82, 2.24) is 9.88 Å². The number of likely N-dealkylation sites (tertiary alicyclic amines) is 1. The van der Waals surface area contributed by atoms with E-state index in [1.807, 2.05) is 54.6 Å². The Bertz CT molecular complexity index is 1070. The zero-order valence-corrected chi connectivity index (χ0v) is 17.0. The third-order valence-electron chi connectivity index (χ3n) is 5.78. The average Bonchev–Trinajstić information content (AvgIpc) is 2.78. The van der Waals surface area contributed by atoms with Gasteiger partial charge in [-0.25, -0.2) is 4.79 Å². The smallest absolute Gasteiger partial charge is 0.340 e. The van der Waals surface area contributed by atoms with Crippen molar-refractivity contribution in [2.24, 2.45) is 11.7 Å². The molecule has 30 heavy (non-hydrogen) atoms. The van der Waals surface area contributed by atoms with E-state index in [1.54, 1.807) is 0 Å². The summed E-state index contributed by atoms with van der Waals surface area (Å²) in [7, 11) is 1.40. The number of amides is 1. The van der Waals surface area contributed by atoms with Crippen LogP contribution in [0.25, 0.3) is 22.0 Å². The predicted molar refractivity (Wildman–Crippen MR) is 116 cm³/mol. The zero-order chi connectivity index (χ0) is 21.1. The molecular formula is C24H25N3O3. The van der Waals surface area contributed by atoms with Gasteiger partial charge in [0.05, 0.1) is 23.9 Å². The Morgan fingerprint density at radius 3 is 2.40 bits per heavy atom. The first-order valence-corrected chi connectivity index (χ1v) is 10.2. The van der Waals surface area contributed by atoms with Gasteiger partial charge in [0, 0.05) is 23.4 Å². The first-order valence-electron chi connectivity index (χ1n) is 10.2. The number of fused-ring (bicyclic) bond motifs is 1. The van der Waals surface area contributed by atoms with E-state index in [4.69, 9.17) is 15.5 Å². The summed E-state index contributed by atoms with van der Waals surface area (Å²) in [6, 6.07) is 17.7. The number of pyridine rings is 1. The van der Waals surface area contributed by atoms with Gasteiger partial charge in [-0.3, -0.25) is 14.7 Å². The van der Waals surface area contributed by atoms with Crippen LogP contribution in [0, 0.1) is 5.92 Å². The summed E-state index contributed by atoms with van der Waals surface area (Å²) >= 11 is 0. The normalized spacial score (nSPS) is 15.2. The number of para-hydroxylation sites is 1. The van der Waals surface area contributed by atoms with Crippen molar-refractivity contribution >= 4 is 22.8 Å². The van der Waals surface area contributed by atoms with E-state index in [0.29, 0.717) is 17.8 Å². The fourth-order valence-electron chi connectivity index (χ4n) is 4.19. The summed E-state index contributed by atoms with van der Waals surface area (Å²) < 4.78 is 5.17. The molecule has 4 rings (SSSR count). The number of ether oxygens (including phenoxy) is 1. The van der Waals surface area contributed by atoms with Crippen LogP contribution in [0.3, 0.4) is 0 Å². The van der Waals surface area contributed by atoms with Crippen molar-refractivity contribution in [1.29, 1.82) is 0 Å². The van der Waals surface area contributed by atoms with Crippen LogP contribution >= 0.6 is 0 Å². The molecule has 1 saturated heterocycles. The summed E-state index contributed by atoms with van der Waals surface area (Å²) in [5.41, 5.74) is 9.28. The summed E-state index contributed by atoms with van der Waals surface area (Å²) in [5.74, 6) is -0.708. The van der Waals surface area contributed by atoms with Crippen LogP contribution in [0.5, 0.6) is 0 Å². The second-order valence-corrected chi connectivity index (χ2v) is 7.64. The van der Waals surface area contributed by atoms with Gasteiger partial charge in [-0.1, -0.05) is 48.5 Å². The molecule has 1 fully saturated rings. The number of hydrogen-bond donors (Lipinski definition) is 1. The third-order valence-corrected chi connectivity index (χ3v) is 5.78. The zero-order valence-electron chi connectivity index (χ0n) is 17.0. The van der Waals surface area contributed by atoms with E-state index >= 15 is 0 Å².